The van der Waals surface area contributed by atoms with Gasteiger partial charge < -0.3 is 10.1 Å². The van der Waals surface area contributed by atoms with Crippen molar-refractivity contribution in [3.8, 4) is 5.75 Å². The van der Waals surface area contributed by atoms with Crippen LogP contribution in [0.4, 0.5) is 11.5 Å². The molecular formula is C18H13N4O. The first-order chi connectivity index (χ1) is 11.3. The summed E-state index contributed by atoms with van der Waals surface area (Å²) >= 11 is 0. The maximum atomic E-state index is 5.19. The summed E-state index contributed by atoms with van der Waals surface area (Å²) in [6.45, 7) is 0. The molecule has 0 amide bonds. The fourth-order valence-electron chi connectivity index (χ4n) is 2.48. The monoisotopic (exact) mass is 301 g/mol. The Hall–Kier alpha value is -3.21. The highest BCUT2D eigenvalue weighted by molar-refractivity contribution is 5.92. The fraction of sp³-hybridized carbons (Fsp3) is 0.0556. The van der Waals surface area contributed by atoms with E-state index in [-0.39, 0.29) is 0 Å². The molecule has 5 nitrogen and oxygen atoms in total. The first kappa shape index (κ1) is 13.5. The molecule has 2 aromatic heterocycles. The lowest BCUT2D eigenvalue weighted by Gasteiger charge is -2.09. The number of benzene rings is 2. The van der Waals surface area contributed by atoms with Crippen LogP contribution in [-0.4, -0.2) is 22.1 Å². The van der Waals surface area contributed by atoms with Crippen molar-refractivity contribution in [2.24, 2.45) is 0 Å². The molecule has 0 aliphatic carbocycles. The van der Waals surface area contributed by atoms with Crippen LogP contribution in [0.5, 0.6) is 5.75 Å². The summed E-state index contributed by atoms with van der Waals surface area (Å²) in [5.41, 5.74) is 2.71. The van der Waals surface area contributed by atoms with Crippen LogP contribution in [0.25, 0.3) is 21.8 Å². The minimum absolute atomic E-state index is 0.652. The molecule has 0 fully saturated rings. The van der Waals surface area contributed by atoms with Crippen LogP contribution < -0.4 is 10.1 Å². The molecule has 0 unspecified atom stereocenters. The molecule has 0 spiro atoms. The maximum absolute atomic E-state index is 5.19. The molecule has 0 bridgehead atoms. The van der Waals surface area contributed by atoms with E-state index in [1.54, 1.807) is 13.3 Å². The molecular weight excluding hydrogens is 288 g/mol. The van der Waals surface area contributed by atoms with Gasteiger partial charge in [-0.2, -0.15) is 0 Å². The summed E-state index contributed by atoms with van der Waals surface area (Å²) < 4.78 is 5.19. The average molecular weight is 301 g/mol. The van der Waals surface area contributed by atoms with Crippen molar-refractivity contribution in [1.29, 1.82) is 0 Å². The standard InChI is InChI=1S/C18H13N4O/c1-23-14-5-6-15-17(10-14)20-11-21-18(15)22-13-4-7-16-12(9-13)3-2-8-19-16/h2-4,6-11H,1H3,(H,20,21,22). The predicted molar refractivity (Wildman–Crippen MR) is 90.0 cm³/mol. The van der Waals surface area contributed by atoms with E-state index in [0.717, 1.165) is 33.3 Å². The van der Waals surface area contributed by atoms with Crippen molar-refractivity contribution in [2.75, 3.05) is 12.4 Å². The lowest BCUT2D eigenvalue weighted by molar-refractivity contribution is 0.414. The molecule has 4 aromatic rings. The topological polar surface area (TPSA) is 59.9 Å². The van der Waals surface area contributed by atoms with Gasteiger partial charge in [-0.1, -0.05) is 6.07 Å². The number of hydrogen-bond donors (Lipinski definition) is 1. The summed E-state index contributed by atoms with van der Waals surface area (Å²) in [5.74, 6) is 1.39. The van der Waals surface area contributed by atoms with Crippen LogP contribution in [0.15, 0.2) is 55.0 Å². The molecule has 2 heterocycles. The number of nitrogens with zero attached hydrogens (tertiary/aromatic N) is 3. The first-order valence-corrected chi connectivity index (χ1v) is 7.16. The molecule has 111 valence electrons. The third-order valence-electron chi connectivity index (χ3n) is 3.63. The molecule has 23 heavy (non-hydrogen) atoms. The molecule has 0 aliphatic heterocycles. The second-order valence-electron chi connectivity index (χ2n) is 5.06. The number of nitrogens with one attached hydrogen (secondary N) is 1. The second kappa shape index (κ2) is 5.53. The molecule has 2 aromatic carbocycles. The van der Waals surface area contributed by atoms with Gasteiger partial charge in [0, 0.05) is 34.8 Å². The van der Waals surface area contributed by atoms with Gasteiger partial charge in [-0.15, -0.1) is 0 Å². The second-order valence-corrected chi connectivity index (χ2v) is 5.06. The number of hydrogen-bond acceptors (Lipinski definition) is 5. The van der Waals surface area contributed by atoms with E-state index in [2.05, 4.69) is 26.3 Å². The van der Waals surface area contributed by atoms with E-state index in [0.29, 0.717) is 5.75 Å². The molecule has 0 atom stereocenters. The third-order valence-corrected chi connectivity index (χ3v) is 3.63. The number of pyridine rings is 1. The highest BCUT2D eigenvalue weighted by Crippen LogP contribution is 2.26. The van der Waals surface area contributed by atoms with Gasteiger partial charge in [-0.25, -0.2) is 9.97 Å². The Morgan fingerprint density at radius 1 is 1.04 bits per heavy atom. The van der Waals surface area contributed by atoms with E-state index < -0.39 is 0 Å². The molecule has 4 rings (SSSR count). The minimum atomic E-state index is 0.652. The Labute approximate surface area is 133 Å². The van der Waals surface area contributed by atoms with Crippen LogP contribution in [0, 0.1) is 6.07 Å². The van der Waals surface area contributed by atoms with E-state index in [1.165, 1.54) is 6.33 Å². The Balaban J connectivity index is 1.76. The van der Waals surface area contributed by atoms with Crippen molar-refractivity contribution < 1.29 is 4.74 Å². The highest BCUT2D eigenvalue weighted by Gasteiger charge is 2.06. The number of anilines is 2. The highest BCUT2D eigenvalue weighted by atomic mass is 16.5. The predicted octanol–water partition coefficient (Wildman–Crippen LogP) is 3.73. The van der Waals surface area contributed by atoms with Crippen molar-refractivity contribution in [3.63, 3.8) is 0 Å². The van der Waals surface area contributed by atoms with Gasteiger partial charge in [-0.05, 0) is 30.3 Å². The zero-order chi connectivity index (χ0) is 15.6. The largest absolute Gasteiger partial charge is 0.496 e. The fourth-order valence-corrected chi connectivity index (χ4v) is 2.48. The van der Waals surface area contributed by atoms with Crippen LogP contribution in [0.1, 0.15) is 0 Å². The van der Waals surface area contributed by atoms with Gasteiger partial charge in [0.15, 0.2) is 0 Å². The number of ether oxygens (including phenoxy) is 1. The summed E-state index contributed by atoms with van der Waals surface area (Å²) in [5, 5.41) is 5.30. The molecule has 1 radical (unpaired) electrons. The first-order valence-electron chi connectivity index (χ1n) is 7.16. The molecule has 1 N–H and O–H groups in total. The SMILES string of the molecule is COc1[c]cc2c(Nc3ccc4ncccc4c3)ncnc2c1. The van der Waals surface area contributed by atoms with E-state index in [9.17, 15) is 0 Å². The van der Waals surface area contributed by atoms with Gasteiger partial charge in [0.25, 0.3) is 0 Å². The zero-order valence-corrected chi connectivity index (χ0v) is 12.4. The van der Waals surface area contributed by atoms with Gasteiger partial charge in [0.2, 0.25) is 0 Å². The van der Waals surface area contributed by atoms with E-state index in [1.807, 2.05) is 42.5 Å². The molecule has 0 saturated carbocycles. The Bertz CT molecular complexity index is 1000. The number of rotatable bonds is 3. The summed E-state index contributed by atoms with van der Waals surface area (Å²) in [7, 11) is 1.61. The van der Waals surface area contributed by atoms with Crippen LogP contribution in [-0.2, 0) is 0 Å². The van der Waals surface area contributed by atoms with Crippen LogP contribution >= 0.6 is 0 Å². The summed E-state index contributed by atoms with van der Waals surface area (Å²) in [6, 6.07) is 16.7. The average Bonchev–Trinajstić information content (AvgIpc) is 2.61. The third kappa shape index (κ3) is 2.53. The minimum Gasteiger partial charge on any atom is -0.496 e. The van der Waals surface area contributed by atoms with Crippen molar-refractivity contribution in [1.82, 2.24) is 15.0 Å². The zero-order valence-electron chi connectivity index (χ0n) is 12.4. The molecule has 5 heteroatoms. The van der Waals surface area contributed by atoms with Crippen molar-refractivity contribution in [3.05, 3.63) is 61.1 Å². The van der Waals surface area contributed by atoms with Gasteiger partial charge >= 0.3 is 0 Å². The van der Waals surface area contributed by atoms with Gasteiger partial charge in [-0.3, -0.25) is 4.98 Å². The Morgan fingerprint density at radius 2 is 2.00 bits per heavy atom. The number of aromatic nitrogens is 3. The van der Waals surface area contributed by atoms with Crippen LogP contribution in [0.2, 0.25) is 0 Å². The van der Waals surface area contributed by atoms with Gasteiger partial charge in [0.1, 0.15) is 17.9 Å². The normalized spacial score (nSPS) is 10.8. The lowest BCUT2D eigenvalue weighted by atomic mass is 10.2. The van der Waals surface area contributed by atoms with E-state index in [4.69, 9.17) is 4.74 Å². The summed E-state index contributed by atoms with van der Waals surface area (Å²) in [6.07, 6.45) is 3.32. The maximum Gasteiger partial charge on any atom is 0.141 e. The summed E-state index contributed by atoms with van der Waals surface area (Å²) in [4.78, 5) is 12.9. The van der Waals surface area contributed by atoms with Crippen molar-refractivity contribution in [2.45, 2.75) is 0 Å². The smallest absolute Gasteiger partial charge is 0.141 e. The van der Waals surface area contributed by atoms with Crippen molar-refractivity contribution >= 4 is 33.3 Å². The quantitative estimate of drug-likeness (QED) is 0.625. The molecule has 0 aliphatic rings. The van der Waals surface area contributed by atoms with Gasteiger partial charge in [0.05, 0.1) is 18.1 Å². The number of fused-ring (bicyclic) bond motifs is 2. The van der Waals surface area contributed by atoms with Crippen LogP contribution in [0.3, 0.4) is 0 Å². The Kier molecular flexibility index (Phi) is 3.24. The molecule has 0 saturated heterocycles. The number of methoxy groups -OCH3 is 1. The van der Waals surface area contributed by atoms with E-state index >= 15 is 0 Å². The lowest BCUT2D eigenvalue weighted by Crippen LogP contribution is -1.96. The Morgan fingerprint density at radius 3 is 2.91 bits per heavy atom.